The lowest BCUT2D eigenvalue weighted by atomic mass is 9.95. The minimum atomic E-state index is -0.591. The Morgan fingerprint density at radius 2 is 2.00 bits per heavy atom. The van der Waals surface area contributed by atoms with E-state index in [1.165, 1.54) is 0 Å². The van der Waals surface area contributed by atoms with E-state index in [4.69, 9.17) is 4.74 Å². The number of aliphatic hydroxyl groups excluding tert-OH is 1. The number of rotatable bonds is 3. The highest BCUT2D eigenvalue weighted by Crippen LogP contribution is 2.31. The third-order valence-corrected chi connectivity index (χ3v) is 3.06. The van der Waals surface area contributed by atoms with Gasteiger partial charge < -0.3 is 9.84 Å². The fraction of sp³-hybridized carbons (Fsp3) is 0.500. The Labute approximate surface area is 103 Å². The molecule has 1 saturated carbocycles. The summed E-state index contributed by atoms with van der Waals surface area (Å²) in [5, 5.41) is 20.1. The Hall–Kier alpha value is -1.69. The second-order valence-electron chi connectivity index (χ2n) is 4.42. The molecule has 0 atom stereocenters. The van der Waals surface area contributed by atoms with Gasteiger partial charge in [-0.3, -0.25) is 10.1 Å². The van der Waals surface area contributed by atoms with Crippen molar-refractivity contribution in [3.05, 3.63) is 34.1 Å². The molecule has 0 radical (unpaired) electrons. The van der Waals surface area contributed by atoms with Gasteiger partial charge in [0.15, 0.2) is 5.75 Å². The van der Waals surface area contributed by atoms with E-state index in [1.54, 1.807) is 0 Å². The van der Waals surface area contributed by atoms with Crippen LogP contribution in [0.2, 0.25) is 0 Å². The summed E-state index contributed by atoms with van der Waals surface area (Å²) < 4.78 is 18.6. The number of nitro benzene ring substituents is 1. The predicted octanol–water partition coefficient (Wildman–Crippen LogP) is 2.42. The molecule has 6 heteroatoms. The maximum Gasteiger partial charge on any atom is 0.311 e. The molecule has 1 N–H and O–H groups in total. The maximum atomic E-state index is 13.1. The van der Waals surface area contributed by atoms with Gasteiger partial charge in [0.1, 0.15) is 5.82 Å². The number of halogens is 1. The third kappa shape index (κ3) is 2.95. The van der Waals surface area contributed by atoms with Gasteiger partial charge in [0.05, 0.1) is 17.1 Å². The van der Waals surface area contributed by atoms with E-state index in [9.17, 15) is 19.6 Å². The average Bonchev–Trinajstić information content (AvgIpc) is 2.32. The first-order valence-electron chi connectivity index (χ1n) is 5.85. The number of ether oxygens (including phenoxy) is 1. The van der Waals surface area contributed by atoms with Crippen molar-refractivity contribution in [1.29, 1.82) is 0 Å². The van der Waals surface area contributed by atoms with Crippen LogP contribution in [0.4, 0.5) is 10.1 Å². The zero-order valence-corrected chi connectivity index (χ0v) is 9.71. The van der Waals surface area contributed by atoms with E-state index in [2.05, 4.69) is 0 Å². The molecule has 0 saturated heterocycles. The maximum absolute atomic E-state index is 13.1. The summed E-state index contributed by atoms with van der Waals surface area (Å²) in [6.45, 7) is 0. The smallest absolute Gasteiger partial charge is 0.311 e. The molecule has 1 aromatic rings. The molecule has 0 spiro atoms. The van der Waals surface area contributed by atoms with E-state index in [0.29, 0.717) is 25.7 Å². The van der Waals surface area contributed by atoms with Gasteiger partial charge >= 0.3 is 5.69 Å². The van der Waals surface area contributed by atoms with Crippen molar-refractivity contribution in [1.82, 2.24) is 0 Å². The zero-order valence-electron chi connectivity index (χ0n) is 9.71. The fourth-order valence-electron chi connectivity index (χ4n) is 2.08. The van der Waals surface area contributed by atoms with Crippen LogP contribution >= 0.6 is 0 Å². The number of benzene rings is 1. The lowest BCUT2D eigenvalue weighted by Crippen LogP contribution is -2.26. The Kier molecular flexibility index (Phi) is 3.76. The van der Waals surface area contributed by atoms with Crippen molar-refractivity contribution in [3.8, 4) is 5.75 Å². The molecule has 1 aromatic carbocycles. The Bertz CT molecular complexity index is 444. The Morgan fingerprint density at radius 3 is 2.61 bits per heavy atom. The molecule has 1 fully saturated rings. The van der Waals surface area contributed by atoms with Gasteiger partial charge in [-0.25, -0.2) is 4.39 Å². The summed E-state index contributed by atoms with van der Waals surface area (Å²) in [4.78, 5) is 10.2. The summed E-state index contributed by atoms with van der Waals surface area (Å²) in [5.74, 6) is -0.604. The largest absolute Gasteiger partial charge is 0.483 e. The van der Waals surface area contributed by atoms with Gasteiger partial charge in [0, 0.05) is 12.1 Å². The summed E-state index contributed by atoms with van der Waals surface area (Å²) in [5.41, 5.74) is -0.234. The molecular weight excluding hydrogens is 241 g/mol. The van der Waals surface area contributed by atoms with Crippen molar-refractivity contribution < 1.29 is 19.2 Å². The summed E-state index contributed by atoms with van der Waals surface area (Å²) in [6.07, 6.45) is 1.92. The first-order chi connectivity index (χ1) is 8.56. The highest BCUT2D eigenvalue weighted by molar-refractivity contribution is 5.46. The average molecular weight is 255 g/mol. The molecule has 0 unspecified atom stereocenters. The van der Waals surface area contributed by atoms with Crippen molar-refractivity contribution in [3.63, 3.8) is 0 Å². The number of hydrogen-bond donors (Lipinski definition) is 1. The minimum absolute atomic E-state index is 0.0404. The van der Waals surface area contributed by atoms with Gasteiger partial charge in [0.25, 0.3) is 0 Å². The van der Waals surface area contributed by atoms with E-state index in [-0.39, 0.29) is 23.6 Å². The minimum Gasteiger partial charge on any atom is -0.483 e. The van der Waals surface area contributed by atoms with E-state index >= 15 is 0 Å². The van der Waals surface area contributed by atoms with Crippen LogP contribution in [0.5, 0.6) is 5.75 Å². The van der Waals surface area contributed by atoms with Crippen LogP contribution in [0.15, 0.2) is 18.2 Å². The highest BCUT2D eigenvalue weighted by atomic mass is 19.1. The van der Waals surface area contributed by atoms with Gasteiger partial charge in [-0.2, -0.15) is 0 Å². The molecule has 5 nitrogen and oxygen atoms in total. The molecule has 1 aliphatic carbocycles. The monoisotopic (exact) mass is 255 g/mol. The number of nitrogens with zero attached hydrogens (tertiary/aromatic N) is 1. The van der Waals surface area contributed by atoms with Crippen molar-refractivity contribution >= 4 is 5.69 Å². The molecule has 0 heterocycles. The van der Waals surface area contributed by atoms with Gasteiger partial charge in [-0.15, -0.1) is 0 Å². The van der Waals surface area contributed by atoms with Crippen molar-refractivity contribution in [2.75, 3.05) is 0 Å². The lowest BCUT2D eigenvalue weighted by molar-refractivity contribution is -0.386. The standard InChI is InChI=1S/C12H14FNO4/c13-8-1-6-11(14(16)17)12(7-8)18-10-4-2-9(15)3-5-10/h1,6-7,9-10,15H,2-5H2. The molecule has 0 bridgehead atoms. The zero-order chi connectivity index (χ0) is 13.1. The van der Waals surface area contributed by atoms with Gasteiger partial charge in [-0.05, 0) is 31.7 Å². The second-order valence-corrected chi connectivity index (χ2v) is 4.42. The molecule has 18 heavy (non-hydrogen) atoms. The summed E-state index contributed by atoms with van der Waals surface area (Å²) in [7, 11) is 0. The second kappa shape index (κ2) is 5.30. The highest BCUT2D eigenvalue weighted by Gasteiger charge is 2.24. The van der Waals surface area contributed by atoms with Crippen LogP contribution in [0.3, 0.4) is 0 Å². The van der Waals surface area contributed by atoms with E-state index in [1.807, 2.05) is 0 Å². The van der Waals surface area contributed by atoms with Crippen LogP contribution in [-0.4, -0.2) is 22.2 Å². The Balaban J connectivity index is 2.12. The SMILES string of the molecule is O=[N+]([O-])c1ccc(F)cc1OC1CCC(O)CC1. The number of aliphatic hydroxyl groups is 1. The molecular formula is C12H14FNO4. The molecule has 1 aliphatic rings. The molecule has 98 valence electrons. The van der Waals surface area contributed by atoms with Crippen LogP contribution in [-0.2, 0) is 0 Å². The number of hydrogen-bond acceptors (Lipinski definition) is 4. The predicted molar refractivity (Wildman–Crippen MR) is 61.9 cm³/mol. The van der Waals surface area contributed by atoms with Crippen molar-refractivity contribution in [2.24, 2.45) is 0 Å². The van der Waals surface area contributed by atoms with E-state index < -0.39 is 10.7 Å². The Morgan fingerprint density at radius 1 is 1.33 bits per heavy atom. The van der Waals surface area contributed by atoms with Crippen LogP contribution < -0.4 is 4.74 Å². The molecule has 0 aromatic heterocycles. The van der Waals surface area contributed by atoms with Crippen LogP contribution in [0.1, 0.15) is 25.7 Å². The van der Waals surface area contributed by atoms with Gasteiger partial charge in [0.2, 0.25) is 0 Å². The third-order valence-electron chi connectivity index (χ3n) is 3.06. The molecule has 0 amide bonds. The van der Waals surface area contributed by atoms with E-state index in [0.717, 1.165) is 18.2 Å². The quantitative estimate of drug-likeness (QED) is 0.665. The first-order valence-corrected chi connectivity index (χ1v) is 5.85. The normalized spacial score (nSPS) is 23.7. The number of nitro groups is 1. The van der Waals surface area contributed by atoms with Crippen molar-refractivity contribution in [2.45, 2.75) is 37.9 Å². The van der Waals surface area contributed by atoms with Crippen LogP contribution in [0.25, 0.3) is 0 Å². The molecule has 2 rings (SSSR count). The summed E-state index contributed by atoms with van der Waals surface area (Å²) >= 11 is 0. The van der Waals surface area contributed by atoms with Gasteiger partial charge in [-0.1, -0.05) is 0 Å². The topological polar surface area (TPSA) is 72.6 Å². The van der Waals surface area contributed by atoms with Crippen LogP contribution in [0, 0.1) is 15.9 Å². The lowest BCUT2D eigenvalue weighted by Gasteiger charge is -2.25. The summed E-state index contributed by atoms with van der Waals surface area (Å²) in [6, 6.07) is 3.17. The molecule has 0 aliphatic heterocycles. The fourth-order valence-corrected chi connectivity index (χ4v) is 2.08. The first kappa shape index (κ1) is 12.8.